The molecule has 1 heterocycles. The molecule has 2 rings (SSSR count). The van der Waals surface area contributed by atoms with Gasteiger partial charge in [-0.2, -0.15) is 0 Å². The summed E-state index contributed by atoms with van der Waals surface area (Å²) in [5.41, 5.74) is 0.897. The van der Waals surface area contributed by atoms with Crippen LogP contribution in [0.15, 0.2) is 16.6 Å². The number of alkyl carbamates (subject to hydrolysis) is 1. The zero-order chi connectivity index (χ0) is 12.4. The Labute approximate surface area is 107 Å². The maximum atomic E-state index is 11.0. The molecule has 0 unspecified atom stereocenters. The second kappa shape index (κ2) is 4.83. The number of amides is 1. The van der Waals surface area contributed by atoms with Crippen molar-refractivity contribution in [1.82, 2.24) is 5.32 Å². The Morgan fingerprint density at radius 1 is 1.35 bits per heavy atom. The van der Waals surface area contributed by atoms with Gasteiger partial charge in [-0.15, -0.1) is 0 Å². The van der Waals surface area contributed by atoms with Gasteiger partial charge in [0, 0.05) is 4.47 Å². The number of cyclic esters (lactones) is 1. The van der Waals surface area contributed by atoms with Gasteiger partial charge in [-0.05, 0) is 17.7 Å². The van der Waals surface area contributed by atoms with Gasteiger partial charge in [0.05, 0.1) is 20.3 Å². The smallest absolute Gasteiger partial charge is 0.407 e. The molecule has 1 fully saturated rings. The predicted molar refractivity (Wildman–Crippen MR) is 64.5 cm³/mol. The monoisotopic (exact) mass is 301 g/mol. The van der Waals surface area contributed by atoms with Gasteiger partial charge in [-0.1, -0.05) is 15.9 Å². The molecule has 0 aliphatic carbocycles. The lowest BCUT2D eigenvalue weighted by Crippen LogP contribution is -2.18. The van der Waals surface area contributed by atoms with Crippen molar-refractivity contribution in [2.24, 2.45) is 0 Å². The van der Waals surface area contributed by atoms with Gasteiger partial charge >= 0.3 is 6.09 Å². The van der Waals surface area contributed by atoms with E-state index in [1.54, 1.807) is 20.3 Å². The Hall–Kier alpha value is -1.43. The normalized spacial score (nSPS) is 18.5. The number of nitrogens with one attached hydrogen (secondary N) is 1. The molecule has 6 heteroatoms. The van der Waals surface area contributed by atoms with Gasteiger partial charge in [0.25, 0.3) is 0 Å². The fourth-order valence-corrected chi connectivity index (χ4v) is 2.29. The molecule has 0 saturated carbocycles. The molecule has 1 aliphatic heterocycles. The third kappa shape index (κ3) is 2.31. The van der Waals surface area contributed by atoms with Crippen LogP contribution in [-0.2, 0) is 4.74 Å². The van der Waals surface area contributed by atoms with Crippen molar-refractivity contribution in [3.05, 3.63) is 22.2 Å². The average molecular weight is 302 g/mol. The standard InChI is InChI=1S/C11H12BrNO4/c1-15-9-3-6(7(12)4-10(9)16-2)8-5-17-11(14)13-8/h3-4,8H,5H2,1-2H3,(H,13,14)/t8-/m1/s1. The van der Waals surface area contributed by atoms with Crippen LogP contribution < -0.4 is 14.8 Å². The number of benzene rings is 1. The molecule has 0 spiro atoms. The van der Waals surface area contributed by atoms with E-state index in [4.69, 9.17) is 14.2 Å². The average Bonchev–Trinajstić information content (AvgIpc) is 2.75. The van der Waals surface area contributed by atoms with Gasteiger partial charge in [0.2, 0.25) is 0 Å². The number of hydrogen-bond donors (Lipinski definition) is 1. The van der Waals surface area contributed by atoms with E-state index in [1.165, 1.54) is 0 Å². The van der Waals surface area contributed by atoms with Crippen molar-refractivity contribution in [2.45, 2.75) is 6.04 Å². The summed E-state index contributed by atoms with van der Waals surface area (Å²) >= 11 is 3.44. The Balaban J connectivity index is 2.37. The van der Waals surface area contributed by atoms with Crippen molar-refractivity contribution in [3.63, 3.8) is 0 Å². The SMILES string of the molecule is COc1cc(Br)c([C@H]2COC(=O)N2)cc1OC. The maximum Gasteiger partial charge on any atom is 0.407 e. The summed E-state index contributed by atoms with van der Waals surface area (Å²) in [7, 11) is 3.14. The molecule has 0 radical (unpaired) electrons. The molecular weight excluding hydrogens is 290 g/mol. The minimum absolute atomic E-state index is 0.170. The first-order valence-electron chi connectivity index (χ1n) is 5.00. The first-order valence-corrected chi connectivity index (χ1v) is 5.79. The molecule has 1 N–H and O–H groups in total. The van der Waals surface area contributed by atoms with Crippen LogP contribution in [0, 0.1) is 0 Å². The fraction of sp³-hybridized carbons (Fsp3) is 0.364. The van der Waals surface area contributed by atoms with E-state index in [1.807, 2.05) is 6.07 Å². The summed E-state index contributed by atoms with van der Waals surface area (Å²) < 4.78 is 16.1. The summed E-state index contributed by atoms with van der Waals surface area (Å²) in [6.07, 6.45) is -0.406. The number of hydrogen-bond acceptors (Lipinski definition) is 4. The number of halogens is 1. The highest BCUT2D eigenvalue weighted by Crippen LogP contribution is 2.36. The van der Waals surface area contributed by atoms with Gasteiger partial charge in [-0.25, -0.2) is 4.79 Å². The highest BCUT2D eigenvalue weighted by Gasteiger charge is 2.26. The highest BCUT2D eigenvalue weighted by molar-refractivity contribution is 9.10. The van der Waals surface area contributed by atoms with Crippen LogP contribution >= 0.6 is 15.9 Å². The third-order valence-electron chi connectivity index (χ3n) is 2.55. The van der Waals surface area contributed by atoms with E-state index in [9.17, 15) is 4.79 Å². The minimum atomic E-state index is -0.406. The minimum Gasteiger partial charge on any atom is -0.493 e. The van der Waals surface area contributed by atoms with Gasteiger partial charge in [0.1, 0.15) is 6.61 Å². The Bertz CT molecular complexity index is 449. The van der Waals surface area contributed by atoms with Crippen molar-refractivity contribution in [3.8, 4) is 11.5 Å². The van der Waals surface area contributed by atoms with Gasteiger partial charge in [0.15, 0.2) is 11.5 Å². The number of ether oxygens (including phenoxy) is 3. The molecule has 1 saturated heterocycles. The summed E-state index contributed by atoms with van der Waals surface area (Å²) in [5.74, 6) is 1.25. The van der Waals surface area contributed by atoms with E-state index in [-0.39, 0.29) is 6.04 Å². The molecule has 1 atom stereocenters. The Morgan fingerprint density at radius 3 is 2.53 bits per heavy atom. The van der Waals surface area contributed by atoms with Gasteiger partial charge < -0.3 is 19.5 Å². The van der Waals surface area contributed by atoms with E-state index < -0.39 is 6.09 Å². The van der Waals surface area contributed by atoms with Crippen LogP contribution in [0.5, 0.6) is 11.5 Å². The number of rotatable bonds is 3. The number of methoxy groups -OCH3 is 2. The molecule has 92 valence electrons. The first-order chi connectivity index (χ1) is 8.15. The molecule has 0 bridgehead atoms. The van der Waals surface area contributed by atoms with E-state index in [2.05, 4.69) is 21.2 Å². The zero-order valence-electron chi connectivity index (χ0n) is 9.45. The zero-order valence-corrected chi connectivity index (χ0v) is 11.0. The largest absolute Gasteiger partial charge is 0.493 e. The van der Waals surface area contributed by atoms with Crippen molar-refractivity contribution in [1.29, 1.82) is 0 Å². The van der Waals surface area contributed by atoms with Gasteiger partial charge in [-0.3, -0.25) is 0 Å². The van der Waals surface area contributed by atoms with Crippen LogP contribution in [0.3, 0.4) is 0 Å². The number of carbonyl (C=O) groups is 1. The third-order valence-corrected chi connectivity index (χ3v) is 3.24. The number of carbonyl (C=O) groups excluding carboxylic acids is 1. The van der Waals surface area contributed by atoms with Crippen molar-refractivity contribution >= 4 is 22.0 Å². The fourth-order valence-electron chi connectivity index (χ4n) is 1.69. The Morgan fingerprint density at radius 2 is 2.00 bits per heavy atom. The molecule has 1 aromatic carbocycles. The molecule has 1 aromatic rings. The highest BCUT2D eigenvalue weighted by atomic mass is 79.9. The second-order valence-electron chi connectivity index (χ2n) is 3.52. The van der Waals surface area contributed by atoms with Crippen LogP contribution in [0.1, 0.15) is 11.6 Å². The van der Waals surface area contributed by atoms with Crippen molar-refractivity contribution in [2.75, 3.05) is 20.8 Å². The summed E-state index contributed by atoms with van der Waals surface area (Å²) in [5, 5.41) is 2.71. The van der Waals surface area contributed by atoms with Crippen LogP contribution in [-0.4, -0.2) is 26.9 Å². The lowest BCUT2D eigenvalue weighted by Gasteiger charge is -2.14. The van der Waals surface area contributed by atoms with E-state index in [0.29, 0.717) is 18.1 Å². The lowest BCUT2D eigenvalue weighted by atomic mass is 10.1. The van der Waals surface area contributed by atoms with Crippen LogP contribution in [0.25, 0.3) is 0 Å². The quantitative estimate of drug-likeness (QED) is 0.930. The second-order valence-corrected chi connectivity index (χ2v) is 4.38. The molecule has 5 nitrogen and oxygen atoms in total. The first kappa shape index (κ1) is 12.0. The van der Waals surface area contributed by atoms with Crippen LogP contribution in [0.2, 0.25) is 0 Å². The maximum absolute atomic E-state index is 11.0. The summed E-state index contributed by atoms with van der Waals surface area (Å²) in [4.78, 5) is 11.0. The van der Waals surface area contributed by atoms with Crippen LogP contribution in [0.4, 0.5) is 4.79 Å². The predicted octanol–water partition coefficient (Wildman–Crippen LogP) is 2.25. The van der Waals surface area contributed by atoms with E-state index >= 15 is 0 Å². The molecular formula is C11H12BrNO4. The molecule has 1 aliphatic rings. The molecule has 0 aromatic heterocycles. The summed E-state index contributed by atoms with van der Waals surface area (Å²) in [6, 6.07) is 3.46. The lowest BCUT2D eigenvalue weighted by molar-refractivity contribution is 0.177. The van der Waals surface area contributed by atoms with E-state index in [0.717, 1.165) is 10.0 Å². The topological polar surface area (TPSA) is 56.8 Å². The Kier molecular flexibility index (Phi) is 3.42. The molecule has 17 heavy (non-hydrogen) atoms. The molecule has 1 amide bonds. The summed E-state index contributed by atoms with van der Waals surface area (Å²) in [6.45, 7) is 0.312. The van der Waals surface area contributed by atoms with Crippen molar-refractivity contribution < 1.29 is 19.0 Å².